The average Bonchev–Trinajstić information content (AvgIpc) is 3.07. The largest absolute Gasteiger partial charge is 0.488 e. The number of carbonyl (C=O) groups is 1. The summed E-state index contributed by atoms with van der Waals surface area (Å²) in [5, 5.41) is 4.00. The minimum atomic E-state index is -0.495. The summed E-state index contributed by atoms with van der Waals surface area (Å²) < 4.78 is 20.4. The van der Waals surface area contributed by atoms with Crippen LogP contribution in [0.4, 0.5) is 15.9 Å². The van der Waals surface area contributed by atoms with Crippen molar-refractivity contribution in [2.24, 2.45) is 11.1 Å². The number of aromatic nitrogens is 2. The Kier molecular flexibility index (Phi) is 6.07. The fourth-order valence-corrected chi connectivity index (χ4v) is 5.21. The maximum absolute atomic E-state index is 14.1. The van der Waals surface area contributed by atoms with Crippen molar-refractivity contribution in [2.45, 2.75) is 59.5 Å². The number of primary amides is 1. The Bertz CT molecular complexity index is 1150. The van der Waals surface area contributed by atoms with Crippen LogP contribution in [0.1, 0.15) is 61.7 Å². The van der Waals surface area contributed by atoms with Crippen molar-refractivity contribution >= 4 is 39.0 Å². The number of anilines is 2. The van der Waals surface area contributed by atoms with Gasteiger partial charge < -0.3 is 15.8 Å². The molecule has 0 spiro atoms. The zero-order valence-corrected chi connectivity index (χ0v) is 19.6. The molecule has 8 heteroatoms. The van der Waals surface area contributed by atoms with E-state index in [2.05, 4.69) is 36.1 Å². The SMILES string of the molecule is Cc1c(C(N)=O)sc2ncnc(Nc3ccc(F)cc3OC3CCC[C](C(C)(C)C)C3)c12. The highest BCUT2D eigenvalue weighted by molar-refractivity contribution is 7.20. The predicted octanol–water partition coefficient (Wildman–Crippen LogP) is 5.92. The number of ether oxygens (including phenoxy) is 1. The molecule has 1 atom stereocenters. The maximum Gasteiger partial charge on any atom is 0.259 e. The van der Waals surface area contributed by atoms with Gasteiger partial charge in [-0.05, 0) is 61.6 Å². The van der Waals surface area contributed by atoms with Crippen LogP contribution in [0.2, 0.25) is 0 Å². The number of thiophene rings is 1. The van der Waals surface area contributed by atoms with Gasteiger partial charge in [-0.3, -0.25) is 4.79 Å². The highest BCUT2D eigenvalue weighted by Crippen LogP contribution is 2.42. The van der Waals surface area contributed by atoms with Crippen molar-refractivity contribution in [3.8, 4) is 5.75 Å². The fourth-order valence-electron chi connectivity index (χ4n) is 4.21. The lowest BCUT2D eigenvalue weighted by atomic mass is 9.71. The zero-order chi connectivity index (χ0) is 23.0. The van der Waals surface area contributed by atoms with E-state index in [-0.39, 0.29) is 17.3 Å². The molecule has 0 saturated heterocycles. The molecule has 2 aromatic heterocycles. The van der Waals surface area contributed by atoms with E-state index in [0.29, 0.717) is 27.0 Å². The van der Waals surface area contributed by atoms with E-state index < -0.39 is 5.91 Å². The van der Waals surface area contributed by atoms with Crippen molar-refractivity contribution in [2.75, 3.05) is 5.32 Å². The summed E-state index contributed by atoms with van der Waals surface area (Å²) in [4.78, 5) is 21.5. The van der Waals surface area contributed by atoms with Crippen LogP contribution in [-0.2, 0) is 0 Å². The Labute approximate surface area is 191 Å². The summed E-state index contributed by atoms with van der Waals surface area (Å²) >= 11 is 1.23. The zero-order valence-electron chi connectivity index (χ0n) is 18.8. The highest BCUT2D eigenvalue weighted by Gasteiger charge is 2.32. The number of carbonyl (C=O) groups excluding carboxylic acids is 1. The second-order valence-corrected chi connectivity index (χ2v) is 10.3. The first-order valence-corrected chi connectivity index (χ1v) is 11.6. The topological polar surface area (TPSA) is 90.1 Å². The molecule has 0 bridgehead atoms. The molecule has 3 aromatic rings. The molecule has 32 heavy (non-hydrogen) atoms. The third-order valence-corrected chi connectivity index (χ3v) is 7.19. The number of nitrogens with zero attached hydrogens (tertiary/aromatic N) is 2. The maximum atomic E-state index is 14.1. The molecule has 1 aliphatic carbocycles. The Morgan fingerprint density at radius 3 is 2.81 bits per heavy atom. The van der Waals surface area contributed by atoms with Gasteiger partial charge in [0, 0.05) is 6.07 Å². The molecule has 6 nitrogen and oxygen atoms in total. The van der Waals surface area contributed by atoms with Gasteiger partial charge in [0.25, 0.3) is 5.91 Å². The molecule has 0 aliphatic heterocycles. The number of halogens is 1. The molecule has 1 unspecified atom stereocenters. The molecular weight excluding hydrogens is 427 g/mol. The van der Waals surface area contributed by atoms with Crippen LogP contribution < -0.4 is 15.8 Å². The van der Waals surface area contributed by atoms with Crippen LogP contribution in [0.5, 0.6) is 5.75 Å². The number of nitrogens with two attached hydrogens (primary N) is 1. The van der Waals surface area contributed by atoms with Crippen LogP contribution in [0, 0.1) is 24.1 Å². The first-order chi connectivity index (χ1) is 15.1. The number of rotatable bonds is 5. The lowest BCUT2D eigenvalue weighted by Gasteiger charge is -2.37. The number of amides is 1. The third kappa shape index (κ3) is 4.55. The van der Waals surface area contributed by atoms with Crippen LogP contribution in [0.3, 0.4) is 0 Å². The molecule has 3 N–H and O–H groups in total. The Hall–Kier alpha value is -2.74. The first-order valence-electron chi connectivity index (χ1n) is 10.8. The van der Waals surface area contributed by atoms with Crippen molar-refractivity contribution < 1.29 is 13.9 Å². The number of hydrogen-bond acceptors (Lipinski definition) is 6. The number of fused-ring (bicyclic) bond motifs is 1. The number of hydrogen-bond donors (Lipinski definition) is 2. The van der Waals surface area contributed by atoms with Crippen molar-refractivity contribution in [1.29, 1.82) is 0 Å². The van der Waals surface area contributed by atoms with Gasteiger partial charge in [0.15, 0.2) is 0 Å². The summed E-state index contributed by atoms with van der Waals surface area (Å²) in [6, 6.07) is 4.43. The van der Waals surface area contributed by atoms with Crippen LogP contribution in [-0.4, -0.2) is 22.0 Å². The van der Waals surface area contributed by atoms with Gasteiger partial charge in [-0.1, -0.05) is 20.8 Å². The first kappa shape index (κ1) is 22.5. The molecular formula is C24H28FN4O2S. The monoisotopic (exact) mass is 455 g/mol. The van der Waals surface area contributed by atoms with Gasteiger partial charge in [0.2, 0.25) is 0 Å². The van der Waals surface area contributed by atoms with Crippen molar-refractivity contribution in [3.63, 3.8) is 0 Å². The van der Waals surface area contributed by atoms with E-state index in [9.17, 15) is 9.18 Å². The number of nitrogens with one attached hydrogen (secondary N) is 1. The Morgan fingerprint density at radius 2 is 2.09 bits per heavy atom. The Morgan fingerprint density at radius 1 is 1.31 bits per heavy atom. The van der Waals surface area contributed by atoms with Gasteiger partial charge in [-0.15, -0.1) is 11.3 Å². The Balaban J connectivity index is 1.64. The van der Waals surface area contributed by atoms with E-state index in [1.54, 1.807) is 6.07 Å². The smallest absolute Gasteiger partial charge is 0.259 e. The third-order valence-electron chi connectivity index (χ3n) is 5.98. The van der Waals surface area contributed by atoms with E-state index in [1.165, 1.54) is 35.7 Å². The van der Waals surface area contributed by atoms with E-state index in [0.717, 1.165) is 36.6 Å². The summed E-state index contributed by atoms with van der Waals surface area (Å²) in [6.07, 6.45) is 5.39. The molecule has 169 valence electrons. The second-order valence-electron chi connectivity index (χ2n) is 9.28. The van der Waals surface area contributed by atoms with Gasteiger partial charge >= 0.3 is 0 Å². The number of benzene rings is 1. The highest BCUT2D eigenvalue weighted by atomic mass is 32.1. The standard InChI is InChI=1S/C24H28FN4O2S/c1-13-19-22(27-12-28-23(19)32-20(13)21(26)30)29-17-9-8-15(25)11-18(17)31-16-7-5-6-14(10-16)24(2,3)4/h8-9,11-12,16H,5-7,10H2,1-4H3,(H2,26,30)(H,27,28,29). The molecule has 1 aromatic carbocycles. The summed E-state index contributed by atoms with van der Waals surface area (Å²) in [6.45, 7) is 8.50. The van der Waals surface area contributed by atoms with Gasteiger partial charge in [-0.2, -0.15) is 0 Å². The van der Waals surface area contributed by atoms with Gasteiger partial charge in [0.05, 0.1) is 22.1 Å². The molecule has 2 heterocycles. The average molecular weight is 456 g/mol. The summed E-state index contributed by atoms with van der Waals surface area (Å²) in [5.74, 6) is 1.59. The van der Waals surface area contributed by atoms with E-state index in [4.69, 9.17) is 10.5 Å². The normalized spacial score (nSPS) is 17.5. The number of aryl methyl sites for hydroxylation is 1. The minimum Gasteiger partial charge on any atom is -0.488 e. The molecule has 1 amide bonds. The predicted molar refractivity (Wildman–Crippen MR) is 126 cm³/mol. The van der Waals surface area contributed by atoms with E-state index >= 15 is 0 Å². The molecule has 1 saturated carbocycles. The summed E-state index contributed by atoms with van der Waals surface area (Å²) in [7, 11) is 0. The lowest BCUT2D eigenvalue weighted by molar-refractivity contribution is 0.100. The van der Waals surface area contributed by atoms with Gasteiger partial charge in [-0.25, -0.2) is 14.4 Å². The molecule has 4 rings (SSSR count). The quantitative estimate of drug-likeness (QED) is 0.498. The van der Waals surface area contributed by atoms with Crippen LogP contribution in [0.25, 0.3) is 10.2 Å². The van der Waals surface area contributed by atoms with Crippen molar-refractivity contribution in [1.82, 2.24) is 9.97 Å². The molecule has 1 radical (unpaired) electrons. The van der Waals surface area contributed by atoms with Crippen LogP contribution in [0.15, 0.2) is 24.5 Å². The summed E-state index contributed by atoms with van der Waals surface area (Å²) in [5.41, 5.74) is 6.97. The lowest BCUT2D eigenvalue weighted by Crippen LogP contribution is -2.31. The van der Waals surface area contributed by atoms with Crippen LogP contribution >= 0.6 is 11.3 Å². The molecule has 1 aliphatic rings. The van der Waals surface area contributed by atoms with Gasteiger partial charge in [0.1, 0.15) is 28.5 Å². The molecule has 1 fully saturated rings. The minimum absolute atomic E-state index is 0.00455. The fraction of sp³-hybridized carbons (Fsp3) is 0.417. The van der Waals surface area contributed by atoms with Crippen molar-refractivity contribution in [3.05, 3.63) is 46.7 Å². The van der Waals surface area contributed by atoms with E-state index in [1.807, 2.05) is 6.92 Å². The second kappa shape index (κ2) is 8.65.